The van der Waals surface area contributed by atoms with E-state index in [4.69, 9.17) is 27.9 Å². The molecule has 158 valence electrons. The number of halogens is 3. The van der Waals surface area contributed by atoms with Crippen molar-refractivity contribution in [2.45, 2.75) is 13.3 Å². The summed E-state index contributed by atoms with van der Waals surface area (Å²) in [5, 5.41) is 14.7. The third kappa shape index (κ3) is 4.26. The van der Waals surface area contributed by atoms with Gasteiger partial charge in [-0.25, -0.2) is 14.4 Å². The van der Waals surface area contributed by atoms with E-state index in [0.29, 0.717) is 24.1 Å². The number of ether oxygens (including phenoxy) is 1. The molecule has 4 rings (SSSR count). The minimum atomic E-state index is -0.759. The highest BCUT2D eigenvalue weighted by Gasteiger charge is 2.27. The number of fused-ring (bicyclic) bond motifs is 1. The lowest BCUT2D eigenvalue weighted by Crippen LogP contribution is -2.12. The summed E-state index contributed by atoms with van der Waals surface area (Å²) in [5.41, 5.74) is 0.119. The van der Waals surface area contributed by atoms with Crippen LogP contribution in [0.1, 0.15) is 18.9 Å². The molecule has 7 nitrogen and oxygen atoms in total. The van der Waals surface area contributed by atoms with Crippen molar-refractivity contribution in [3.63, 3.8) is 0 Å². The predicted molar refractivity (Wildman–Crippen MR) is 116 cm³/mol. The first-order valence-corrected chi connectivity index (χ1v) is 9.98. The van der Waals surface area contributed by atoms with E-state index in [0.717, 1.165) is 6.42 Å². The molecule has 1 N–H and O–H groups in total. The fourth-order valence-corrected chi connectivity index (χ4v) is 3.49. The van der Waals surface area contributed by atoms with Crippen molar-refractivity contribution < 1.29 is 14.1 Å². The van der Waals surface area contributed by atoms with Gasteiger partial charge in [0.1, 0.15) is 17.7 Å². The van der Waals surface area contributed by atoms with Gasteiger partial charge in [0.05, 0.1) is 38.2 Å². The number of nitrogens with one attached hydrogen (secondary N) is 1. The van der Waals surface area contributed by atoms with Gasteiger partial charge in [-0.2, -0.15) is 0 Å². The van der Waals surface area contributed by atoms with Gasteiger partial charge in [0.25, 0.3) is 5.69 Å². The number of nitro benzene ring substituents is 1. The number of hydrogen-bond donors (Lipinski definition) is 1. The molecule has 3 aromatic rings. The van der Waals surface area contributed by atoms with Crippen molar-refractivity contribution in [3.8, 4) is 11.8 Å². The quantitative estimate of drug-likeness (QED) is 0.240. The summed E-state index contributed by atoms with van der Waals surface area (Å²) >= 11 is 11.7. The van der Waals surface area contributed by atoms with Crippen LogP contribution in [-0.4, -0.2) is 28.1 Å². The monoisotopic (exact) mass is 460 g/mol. The second-order valence-electron chi connectivity index (χ2n) is 7.33. The molecular formula is C21H15Cl2FN4O3. The molecule has 2 aromatic carbocycles. The minimum absolute atomic E-state index is 0.0232. The van der Waals surface area contributed by atoms with E-state index in [1.165, 1.54) is 30.6 Å². The highest BCUT2D eigenvalue weighted by atomic mass is 35.5. The summed E-state index contributed by atoms with van der Waals surface area (Å²) < 4.78 is 19.8. The summed E-state index contributed by atoms with van der Waals surface area (Å²) in [5.74, 6) is 5.43. The largest absolute Gasteiger partial charge is 0.380 e. The van der Waals surface area contributed by atoms with Gasteiger partial charge in [-0.15, -0.1) is 0 Å². The molecule has 0 spiro atoms. The number of rotatable bonds is 3. The molecule has 1 aliphatic rings. The Morgan fingerprint density at radius 2 is 2.13 bits per heavy atom. The molecule has 10 heteroatoms. The SMILES string of the molecule is CC1(C#Cc2cc3ncnc(Nc4ccc(Cl)c(Cl)c4F)c3cc2[N+](=O)[O-])CCOC1. The molecule has 0 bridgehead atoms. The Morgan fingerprint density at radius 3 is 2.84 bits per heavy atom. The number of benzene rings is 2. The third-order valence-electron chi connectivity index (χ3n) is 4.96. The Labute approximate surface area is 186 Å². The van der Waals surface area contributed by atoms with E-state index in [1.54, 1.807) is 0 Å². The minimum Gasteiger partial charge on any atom is -0.380 e. The Hall–Kier alpha value is -2.99. The lowest BCUT2D eigenvalue weighted by Gasteiger charge is -2.12. The van der Waals surface area contributed by atoms with Gasteiger partial charge < -0.3 is 10.1 Å². The second-order valence-corrected chi connectivity index (χ2v) is 8.11. The molecule has 0 radical (unpaired) electrons. The zero-order valence-electron chi connectivity index (χ0n) is 16.2. The summed E-state index contributed by atoms with van der Waals surface area (Å²) in [7, 11) is 0. The van der Waals surface area contributed by atoms with Crippen LogP contribution in [0.25, 0.3) is 10.9 Å². The molecule has 31 heavy (non-hydrogen) atoms. The average molecular weight is 461 g/mol. The molecule has 1 saturated heterocycles. The Bertz CT molecular complexity index is 1270. The van der Waals surface area contributed by atoms with Gasteiger partial charge in [-0.05, 0) is 31.5 Å². The van der Waals surface area contributed by atoms with Crippen LogP contribution < -0.4 is 5.32 Å². The van der Waals surface area contributed by atoms with Crippen LogP contribution in [0.3, 0.4) is 0 Å². The highest BCUT2D eigenvalue weighted by Crippen LogP contribution is 2.34. The number of nitro groups is 1. The molecule has 1 atom stereocenters. The zero-order chi connectivity index (χ0) is 22.2. The molecule has 0 amide bonds. The maximum atomic E-state index is 14.4. The van der Waals surface area contributed by atoms with Gasteiger partial charge >= 0.3 is 0 Å². The maximum Gasteiger partial charge on any atom is 0.285 e. The normalized spacial score (nSPS) is 17.9. The fraction of sp³-hybridized carbons (Fsp3) is 0.238. The van der Waals surface area contributed by atoms with Crippen LogP contribution in [0, 0.1) is 33.2 Å². The van der Waals surface area contributed by atoms with Gasteiger partial charge in [-0.1, -0.05) is 35.0 Å². The smallest absolute Gasteiger partial charge is 0.285 e. The van der Waals surface area contributed by atoms with Crippen LogP contribution >= 0.6 is 23.2 Å². The topological polar surface area (TPSA) is 90.2 Å². The summed E-state index contributed by atoms with van der Waals surface area (Å²) in [6, 6.07) is 5.68. The van der Waals surface area contributed by atoms with Gasteiger partial charge in [0.2, 0.25) is 0 Å². The van der Waals surface area contributed by atoms with E-state index in [2.05, 4.69) is 27.1 Å². The van der Waals surface area contributed by atoms with Crippen LogP contribution in [0.4, 0.5) is 21.6 Å². The van der Waals surface area contributed by atoms with Crippen molar-refractivity contribution >= 4 is 51.3 Å². The van der Waals surface area contributed by atoms with Crippen molar-refractivity contribution in [2.24, 2.45) is 5.41 Å². The lowest BCUT2D eigenvalue weighted by molar-refractivity contribution is -0.385. The maximum absolute atomic E-state index is 14.4. The molecule has 1 fully saturated rings. The molecular weight excluding hydrogens is 446 g/mol. The van der Waals surface area contributed by atoms with E-state index in [9.17, 15) is 14.5 Å². The van der Waals surface area contributed by atoms with Crippen LogP contribution in [0.15, 0.2) is 30.6 Å². The van der Waals surface area contributed by atoms with Crippen LogP contribution in [0.2, 0.25) is 10.0 Å². The first-order chi connectivity index (χ1) is 14.8. The van der Waals surface area contributed by atoms with E-state index in [-0.39, 0.29) is 38.2 Å². The Morgan fingerprint density at radius 1 is 1.32 bits per heavy atom. The van der Waals surface area contributed by atoms with E-state index in [1.807, 2.05) is 6.92 Å². The molecule has 1 unspecified atom stereocenters. The first kappa shape index (κ1) is 21.2. The summed E-state index contributed by atoms with van der Waals surface area (Å²) in [6.45, 7) is 3.04. The number of nitrogens with zero attached hydrogens (tertiary/aromatic N) is 3. The van der Waals surface area contributed by atoms with Crippen molar-refractivity contribution in [1.82, 2.24) is 9.97 Å². The van der Waals surface area contributed by atoms with Crippen molar-refractivity contribution in [3.05, 3.63) is 62.1 Å². The van der Waals surface area contributed by atoms with E-state index >= 15 is 0 Å². The summed E-state index contributed by atoms with van der Waals surface area (Å²) in [6.07, 6.45) is 2.03. The van der Waals surface area contributed by atoms with Crippen LogP contribution in [0.5, 0.6) is 0 Å². The van der Waals surface area contributed by atoms with Crippen LogP contribution in [-0.2, 0) is 4.74 Å². The Kier molecular flexibility index (Phi) is 5.67. The van der Waals surface area contributed by atoms with E-state index < -0.39 is 10.7 Å². The van der Waals surface area contributed by atoms with Gasteiger partial charge in [0, 0.05) is 18.1 Å². The molecule has 0 saturated carbocycles. The molecule has 1 aliphatic heterocycles. The number of aromatic nitrogens is 2. The highest BCUT2D eigenvalue weighted by molar-refractivity contribution is 6.42. The Balaban J connectivity index is 1.80. The van der Waals surface area contributed by atoms with Gasteiger partial charge in [-0.3, -0.25) is 10.1 Å². The molecule has 1 aromatic heterocycles. The predicted octanol–water partition coefficient (Wildman–Crippen LogP) is 5.51. The lowest BCUT2D eigenvalue weighted by atomic mass is 9.90. The average Bonchev–Trinajstić information content (AvgIpc) is 3.19. The van der Waals surface area contributed by atoms with Crippen molar-refractivity contribution in [1.29, 1.82) is 0 Å². The third-order valence-corrected chi connectivity index (χ3v) is 5.74. The molecule has 2 heterocycles. The summed E-state index contributed by atoms with van der Waals surface area (Å²) in [4.78, 5) is 19.5. The zero-order valence-corrected chi connectivity index (χ0v) is 17.7. The standard InChI is InChI=1S/C21H15Cl2FN4O3/c1-21(6-7-31-10-21)5-4-12-8-16-13(9-17(12)28(29)30)20(26-11-25-16)27-15-3-2-14(22)18(23)19(15)24/h2-3,8-9,11H,6-7,10H2,1H3,(H,25,26,27). The van der Waals surface area contributed by atoms with Gasteiger partial charge in [0.15, 0.2) is 5.82 Å². The van der Waals surface area contributed by atoms with Crippen molar-refractivity contribution in [2.75, 3.05) is 18.5 Å². The first-order valence-electron chi connectivity index (χ1n) is 9.22. The number of hydrogen-bond acceptors (Lipinski definition) is 6. The fourth-order valence-electron chi connectivity index (χ4n) is 3.18. The number of anilines is 2. The molecule has 0 aliphatic carbocycles. The second kappa shape index (κ2) is 8.27.